The fourth-order valence-corrected chi connectivity index (χ4v) is 2.04. The molecule has 19 heavy (non-hydrogen) atoms. The smallest absolute Gasteiger partial charge is 0.303 e. The van der Waals surface area contributed by atoms with Gasteiger partial charge < -0.3 is 14.3 Å². The summed E-state index contributed by atoms with van der Waals surface area (Å²) in [5, 5.41) is 8.87. The molecular weight excluding hydrogens is 246 g/mol. The number of benzene rings is 1. The summed E-state index contributed by atoms with van der Waals surface area (Å²) in [6, 6.07) is 5.40. The molecule has 0 saturated heterocycles. The van der Waals surface area contributed by atoms with Gasteiger partial charge >= 0.3 is 5.97 Å². The molecule has 0 spiro atoms. The normalized spacial score (nSPS) is 11.7. The van der Waals surface area contributed by atoms with E-state index in [4.69, 9.17) is 14.3 Å². The van der Waals surface area contributed by atoms with Crippen molar-refractivity contribution in [2.45, 2.75) is 26.7 Å². The molecule has 1 N–H and O–H groups in total. The third kappa shape index (κ3) is 3.24. The second-order valence-corrected chi connectivity index (χ2v) is 5.35. The van der Waals surface area contributed by atoms with Gasteiger partial charge in [-0.05, 0) is 17.5 Å². The Kier molecular flexibility index (Phi) is 3.46. The van der Waals surface area contributed by atoms with Crippen molar-refractivity contribution in [2.75, 3.05) is 7.11 Å². The van der Waals surface area contributed by atoms with E-state index in [0.29, 0.717) is 17.9 Å². The van der Waals surface area contributed by atoms with Crippen LogP contribution in [0.25, 0.3) is 11.1 Å². The molecule has 1 aromatic heterocycles. The number of carboxylic acids is 1. The van der Waals surface area contributed by atoms with E-state index in [0.717, 1.165) is 11.3 Å². The fraction of sp³-hybridized carbons (Fsp3) is 0.429. The van der Waals surface area contributed by atoms with Crippen LogP contribution in [0, 0.1) is 5.41 Å². The van der Waals surface area contributed by atoms with Crippen molar-refractivity contribution in [3.8, 4) is 5.75 Å². The average molecular weight is 263 g/mol. The number of fused-ring (bicyclic) bond motifs is 1. The zero-order chi connectivity index (χ0) is 14.0. The SMILES string of the molecule is COc1ccc2oc(CC(C)(C)CC(=O)O)nc2c1. The predicted molar refractivity (Wildman–Crippen MR) is 70.3 cm³/mol. The third-order valence-electron chi connectivity index (χ3n) is 2.90. The quantitative estimate of drug-likeness (QED) is 0.897. The van der Waals surface area contributed by atoms with E-state index in [1.165, 1.54) is 0 Å². The molecule has 0 bridgehead atoms. The number of aromatic nitrogens is 1. The van der Waals surface area contributed by atoms with Crippen LogP contribution in [0.4, 0.5) is 0 Å². The minimum atomic E-state index is -0.817. The number of carbonyl (C=O) groups is 1. The Morgan fingerprint density at radius 1 is 1.47 bits per heavy atom. The number of ether oxygens (including phenoxy) is 1. The van der Waals surface area contributed by atoms with E-state index in [9.17, 15) is 4.79 Å². The van der Waals surface area contributed by atoms with E-state index in [2.05, 4.69) is 4.98 Å². The minimum Gasteiger partial charge on any atom is -0.497 e. The second-order valence-electron chi connectivity index (χ2n) is 5.35. The van der Waals surface area contributed by atoms with Crippen LogP contribution in [0.5, 0.6) is 5.75 Å². The van der Waals surface area contributed by atoms with Crippen LogP contribution in [0.3, 0.4) is 0 Å². The van der Waals surface area contributed by atoms with Crippen LogP contribution < -0.4 is 4.74 Å². The van der Waals surface area contributed by atoms with Gasteiger partial charge in [0.15, 0.2) is 11.5 Å². The van der Waals surface area contributed by atoms with E-state index in [-0.39, 0.29) is 6.42 Å². The largest absolute Gasteiger partial charge is 0.497 e. The number of methoxy groups -OCH3 is 1. The Morgan fingerprint density at radius 3 is 2.84 bits per heavy atom. The molecule has 1 aromatic carbocycles. The van der Waals surface area contributed by atoms with Gasteiger partial charge in [0, 0.05) is 12.5 Å². The summed E-state index contributed by atoms with van der Waals surface area (Å²) < 4.78 is 10.8. The lowest BCUT2D eigenvalue weighted by Gasteiger charge is -2.19. The lowest BCUT2D eigenvalue weighted by molar-refractivity contribution is -0.139. The number of carboxylic acid groups (broad SMARTS) is 1. The van der Waals surface area contributed by atoms with Crippen LogP contribution in [0.15, 0.2) is 22.6 Å². The number of oxazole rings is 1. The van der Waals surface area contributed by atoms with Crippen LogP contribution in [0.2, 0.25) is 0 Å². The van der Waals surface area contributed by atoms with Crippen LogP contribution in [0.1, 0.15) is 26.2 Å². The highest BCUT2D eigenvalue weighted by Gasteiger charge is 2.25. The van der Waals surface area contributed by atoms with E-state index < -0.39 is 11.4 Å². The van der Waals surface area contributed by atoms with Gasteiger partial charge in [-0.25, -0.2) is 4.98 Å². The summed E-state index contributed by atoms with van der Waals surface area (Å²) in [7, 11) is 1.60. The molecule has 2 rings (SSSR count). The Morgan fingerprint density at radius 2 is 2.21 bits per heavy atom. The lowest BCUT2D eigenvalue weighted by Crippen LogP contribution is -2.19. The fourth-order valence-electron chi connectivity index (χ4n) is 2.04. The predicted octanol–water partition coefficient (Wildman–Crippen LogP) is 2.88. The van der Waals surface area contributed by atoms with Crippen molar-refractivity contribution in [3.63, 3.8) is 0 Å². The molecule has 0 aliphatic carbocycles. The first-order chi connectivity index (χ1) is 8.89. The van der Waals surface area contributed by atoms with Crippen molar-refractivity contribution < 1.29 is 19.1 Å². The summed E-state index contributed by atoms with van der Waals surface area (Å²) in [4.78, 5) is 15.2. The number of rotatable bonds is 5. The van der Waals surface area contributed by atoms with Gasteiger partial charge in [-0.3, -0.25) is 4.79 Å². The zero-order valence-electron chi connectivity index (χ0n) is 11.3. The first kappa shape index (κ1) is 13.4. The molecule has 0 radical (unpaired) electrons. The maximum atomic E-state index is 10.8. The van der Waals surface area contributed by atoms with Gasteiger partial charge in [0.1, 0.15) is 11.3 Å². The van der Waals surface area contributed by atoms with Gasteiger partial charge in [-0.15, -0.1) is 0 Å². The molecule has 2 aromatic rings. The third-order valence-corrected chi connectivity index (χ3v) is 2.90. The molecular formula is C14H17NO4. The zero-order valence-corrected chi connectivity index (χ0v) is 11.3. The van der Waals surface area contributed by atoms with Crippen molar-refractivity contribution in [3.05, 3.63) is 24.1 Å². The van der Waals surface area contributed by atoms with Gasteiger partial charge in [0.2, 0.25) is 0 Å². The monoisotopic (exact) mass is 263 g/mol. The van der Waals surface area contributed by atoms with Crippen molar-refractivity contribution in [1.29, 1.82) is 0 Å². The van der Waals surface area contributed by atoms with E-state index >= 15 is 0 Å². The van der Waals surface area contributed by atoms with Crippen LogP contribution in [-0.2, 0) is 11.2 Å². The highest BCUT2D eigenvalue weighted by Crippen LogP contribution is 2.28. The average Bonchev–Trinajstić information content (AvgIpc) is 2.66. The van der Waals surface area contributed by atoms with Gasteiger partial charge in [-0.2, -0.15) is 0 Å². The molecule has 102 valence electrons. The summed E-state index contributed by atoms with van der Waals surface area (Å²) in [6.07, 6.45) is 0.561. The maximum Gasteiger partial charge on any atom is 0.303 e. The van der Waals surface area contributed by atoms with Gasteiger partial charge in [0.05, 0.1) is 13.5 Å². The summed E-state index contributed by atoms with van der Waals surface area (Å²) in [5.74, 6) is 0.453. The molecule has 5 heteroatoms. The molecule has 0 fully saturated rings. The highest BCUT2D eigenvalue weighted by molar-refractivity contribution is 5.74. The number of hydrogen-bond acceptors (Lipinski definition) is 4. The molecule has 0 aliphatic heterocycles. The Balaban J connectivity index is 2.24. The van der Waals surface area contributed by atoms with E-state index in [1.807, 2.05) is 13.8 Å². The second kappa shape index (κ2) is 4.91. The van der Waals surface area contributed by atoms with Crippen LogP contribution in [-0.4, -0.2) is 23.2 Å². The standard InChI is InChI=1S/C14H17NO4/c1-14(2,8-13(16)17)7-12-15-10-6-9(18-3)4-5-11(10)19-12/h4-6H,7-8H2,1-3H3,(H,16,17). The first-order valence-electron chi connectivity index (χ1n) is 6.05. The van der Waals surface area contributed by atoms with Crippen molar-refractivity contribution >= 4 is 17.1 Å². The molecule has 1 heterocycles. The molecule has 0 saturated carbocycles. The summed E-state index contributed by atoms with van der Waals surface area (Å²) in [6.45, 7) is 3.77. The number of hydrogen-bond donors (Lipinski definition) is 1. The highest BCUT2D eigenvalue weighted by atomic mass is 16.5. The van der Waals surface area contributed by atoms with Crippen LogP contribution >= 0.6 is 0 Å². The molecule has 0 atom stereocenters. The summed E-state index contributed by atoms with van der Waals surface area (Å²) >= 11 is 0. The number of nitrogens with zero attached hydrogens (tertiary/aromatic N) is 1. The molecule has 0 unspecified atom stereocenters. The molecule has 0 aliphatic rings. The Bertz CT molecular complexity index is 601. The topological polar surface area (TPSA) is 72.6 Å². The maximum absolute atomic E-state index is 10.8. The number of aliphatic carboxylic acids is 1. The molecule has 0 amide bonds. The van der Waals surface area contributed by atoms with E-state index in [1.54, 1.807) is 25.3 Å². The van der Waals surface area contributed by atoms with Crippen molar-refractivity contribution in [1.82, 2.24) is 4.98 Å². The minimum absolute atomic E-state index is 0.0784. The van der Waals surface area contributed by atoms with Gasteiger partial charge in [0.25, 0.3) is 0 Å². The Hall–Kier alpha value is -2.04. The molecule has 5 nitrogen and oxygen atoms in total. The Labute approximate surface area is 111 Å². The summed E-state index contributed by atoms with van der Waals surface area (Å²) in [5.41, 5.74) is 1.01. The lowest BCUT2D eigenvalue weighted by atomic mass is 9.86. The van der Waals surface area contributed by atoms with Crippen molar-refractivity contribution in [2.24, 2.45) is 5.41 Å². The first-order valence-corrected chi connectivity index (χ1v) is 6.05. The van der Waals surface area contributed by atoms with Gasteiger partial charge in [-0.1, -0.05) is 13.8 Å².